The fourth-order valence-corrected chi connectivity index (χ4v) is 7.95. The van der Waals surface area contributed by atoms with E-state index in [0.29, 0.717) is 5.89 Å². The second-order valence-electron chi connectivity index (χ2n) is 14.0. The van der Waals surface area contributed by atoms with Crippen LogP contribution in [-0.2, 0) is 0 Å². The van der Waals surface area contributed by atoms with Crippen LogP contribution in [0.3, 0.4) is 0 Å². The minimum Gasteiger partial charge on any atom is -0.455 e. The van der Waals surface area contributed by atoms with Crippen molar-refractivity contribution in [2.45, 2.75) is 0 Å². The van der Waals surface area contributed by atoms with Crippen molar-refractivity contribution in [1.82, 2.24) is 4.98 Å². The minimum absolute atomic E-state index is 0.579. The molecule has 0 N–H and O–H groups in total. The Kier molecular flexibility index (Phi) is 7.14. The average Bonchev–Trinajstić information content (AvgIpc) is 3.87. The normalized spacial score (nSPS) is 11.6. The first-order chi connectivity index (χ1) is 27.2. The molecule has 0 unspecified atom stereocenters. The third kappa shape index (κ3) is 5.34. The van der Waals surface area contributed by atoms with Crippen LogP contribution in [-0.4, -0.2) is 4.98 Å². The number of hydrogen-bond acceptors (Lipinski definition) is 4. The lowest BCUT2D eigenvalue weighted by atomic mass is 9.95. The molecule has 0 radical (unpaired) electrons. The summed E-state index contributed by atoms with van der Waals surface area (Å²) in [6, 6.07) is 68.3. The molecule has 9 aromatic carbocycles. The summed E-state index contributed by atoms with van der Waals surface area (Å²) in [6.45, 7) is 0. The Balaban J connectivity index is 1.04. The van der Waals surface area contributed by atoms with Gasteiger partial charge >= 0.3 is 0 Å². The molecule has 0 fully saturated rings. The number of anilines is 3. The van der Waals surface area contributed by atoms with Crippen molar-refractivity contribution in [2.24, 2.45) is 0 Å². The Bertz CT molecular complexity index is 3160. The quantitative estimate of drug-likeness (QED) is 0.173. The zero-order chi connectivity index (χ0) is 36.3. The molecule has 0 amide bonds. The van der Waals surface area contributed by atoms with Gasteiger partial charge in [-0.1, -0.05) is 121 Å². The monoisotopic (exact) mass is 704 g/mol. The molecule has 0 saturated heterocycles. The van der Waals surface area contributed by atoms with Crippen LogP contribution in [0.15, 0.2) is 203 Å². The predicted molar refractivity (Wildman–Crippen MR) is 227 cm³/mol. The Morgan fingerprint density at radius 1 is 0.382 bits per heavy atom. The smallest absolute Gasteiger partial charge is 0.227 e. The fraction of sp³-hybridized carbons (Fsp3) is 0. The van der Waals surface area contributed by atoms with E-state index in [1.807, 2.05) is 30.3 Å². The third-order valence-corrected chi connectivity index (χ3v) is 10.7. The van der Waals surface area contributed by atoms with E-state index >= 15 is 0 Å². The van der Waals surface area contributed by atoms with Crippen molar-refractivity contribution >= 4 is 71.6 Å². The summed E-state index contributed by atoms with van der Waals surface area (Å²) in [6.07, 6.45) is 0. The van der Waals surface area contributed by atoms with Gasteiger partial charge in [0.1, 0.15) is 16.7 Å². The lowest BCUT2D eigenvalue weighted by Crippen LogP contribution is -2.09. The topological polar surface area (TPSA) is 42.4 Å². The van der Waals surface area contributed by atoms with E-state index in [9.17, 15) is 0 Å². The van der Waals surface area contributed by atoms with Gasteiger partial charge in [0.25, 0.3) is 0 Å². The van der Waals surface area contributed by atoms with E-state index in [2.05, 4.69) is 169 Å². The Morgan fingerprint density at radius 2 is 1.02 bits per heavy atom. The summed E-state index contributed by atoms with van der Waals surface area (Å²) in [7, 11) is 0. The van der Waals surface area contributed by atoms with Crippen LogP contribution in [0.1, 0.15) is 0 Å². The maximum atomic E-state index is 6.74. The molecule has 11 rings (SSSR count). The summed E-state index contributed by atoms with van der Waals surface area (Å²) in [4.78, 5) is 7.08. The van der Waals surface area contributed by atoms with Crippen LogP contribution in [0, 0.1) is 0 Å². The van der Waals surface area contributed by atoms with E-state index in [1.54, 1.807) is 0 Å². The highest BCUT2D eigenvalue weighted by Gasteiger charge is 2.19. The molecule has 11 aromatic rings. The Hall–Kier alpha value is -7.43. The lowest BCUT2D eigenvalue weighted by Gasteiger charge is -2.26. The SMILES string of the molecule is c1ccc(-c2ccc(N(c3ccc(-c4cc5ccccc5c5oc6cc(-c7nc8ccccc8o7)ccc6c45)cc3)c3ccc4ccccc4c3)cc2)cc1. The summed E-state index contributed by atoms with van der Waals surface area (Å²) in [5.74, 6) is 0.579. The molecule has 0 spiro atoms. The van der Waals surface area contributed by atoms with E-state index in [-0.39, 0.29) is 0 Å². The summed E-state index contributed by atoms with van der Waals surface area (Å²) in [5.41, 5.74) is 12.0. The van der Waals surface area contributed by atoms with Gasteiger partial charge < -0.3 is 13.7 Å². The van der Waals surface area contributed by atoms with Crippen molar-refractivity contribution in [3.05, 3.63) is 194 Å². The maximum Gasteiger partial charge on any atom is 0.227 e. The zero-order valence-corrected chi connectivity index (χ0v) is 29.7. The summed E-state index contributed by atoms with van der Waals surface area (Å²) >= 11 is 0. The predicted octanol–water partition coefficient (Wildman–Crippen LogP) is 14.5. The second kappa shape index (κ2) is 12.6. The summed E-state index contributed by atoms with van der Waals surface area (Å²) < 4.78 is 12.9. The van der Waals surface area contributed by atoms with Gasteiger partial charge in [0.05, 0.1) is 0 Å². The highest BCUT2D eigenvalue weighted by molar-refractivity contribution is 6.21. The second-order valence-corrected chi connectivity index (χ2v) is 14.0. The maximum absolute atomic E-state index is 6.74. The number of aromatic nitrogens is 1. The molecule has 4 nitrogen and oxygen atoms in total. The number of oxazole rings is 1. The summed E-state index contributed by atoms with van der Waals surface area (Å²) in [5, 5.41) is 6.77. The standard InChI is InChI=1S/C51H32N2O2/c1-2-10-33(11-3-1)35-18-24-40(25-19-35)53(42-28-20-34-12-4-5-13-37(34)30-42)41-26-21-36(22-27-41)45-31-38-14-6-7-15-43(38)50-49(45)44-29-23-39(32-48(44)54-50)51-52-46-16-8-9-17-47(46)55-51/h1-32H. The van der Waals surface area contributed by atoms with Gasteiger partial charge in [-0.25, -0.2) is 4.98 Å². The third-order valence-electron chi connectivity index (χ3n) is 10.7. The molecular formula is C51H32N2O2. The van der Waals surface area contributed by atoms with Gasteiger partial charge in [-0.15, -0.1) is 0 Å². The van der Waals surface area contributed by atoms with Crippen LogP contribution in [0.2, 0.25) is 0 Å². The molecule has 0 saturated carbocycles. The van der Waals surface area contributed by atoms with Crippen molar-refractivity contribution in [1.29, 1.82) is 0 Å². The van der Waals surface area contributed by atoms with Crippen molar-refractivity contribution in [3.8, 4) is 33.7 Å². The number of hydrogen-bond donors (Lipinski definition) is 0. The molecular weight excluding hydrogens is 673 g/mol. The largest absolute Gasteiger partial charge is 0.455 e. The molecule has 0 aliphatic heterocycles. The first-order valence-corrected chi connectivity index (χ1v) is 18.5. The van der Waals surface area contributed by atoms with Crippen LogP contribution < -0.4 is 4.90 Å². The molecule has 2 aromatic heterocycles. The van der Waals surface area contributed by atoms with Gasteiger partial charge in [0.15, 0.2) is 5.58 Å². The fourth-order valence-electron chi connectivity index (χ4n) is 7.95. The number of para-hydroxylation sites is 2. The number of nitrogens with zero attached hydrogens (tertiary/aromatic N) is 2. The molecule has 2 heterocycles. The highest BCUT2D eigenvalue weighted by Crippen LogP contribution is 2.44. The van der Waals surface area contributed by atoms with E-state index in [0.717, 1.165) is 77.6 Å². The molecule has 0 bridgehead atoms. The van der Waals surface area contributed by atoms with Gasteiger partial charge in [-0.05, 0) is 111 Å². The van der Waals surface area contributed by atoms with Crippen molar-refractivity contribution in [3.63, 3.8) is 0 Å². The molecule has 0 aliphatic carbocycles. The molecule has 258 valence electrons. The van der Waals surface area contributed by atoms with Crippen LogP contribution in [0.4, 0.5) is 17.1 Å². The zero-order valence-electron chi connectivity index (χ0n) is 29.7. The van der Waals surface area contributed by atoms with E-state index < -0.39 is 0 Å². The van der Waals surface area contributed by atoms with Gasteiger partial charge in [0, 0.05) is 38.8 Å². The van der Waals surface area contributed by atoms with Gasteiger partial charge in [-0.3, -0.25) is 0 Å². The van der Waals surface area contributed by atoms with Crippen LogP contribution >= 0.6 is 0 Å². The van der Waals surface area contributed by atoms with Crippen molar-refractivity contribution < 1.29 is 8.83 Å². The minimum atomic E-state index is 0.579. The first kappa shape index (κ1) is 31.1. The average molecular weight is 705 g/mol. The number of rotatable bonds is 6. The first-order valence-electron chi connectivity index (χ1n) is 18.5. The van der Waals surface area contributed by atoms with Crippen LogP contribution in [0.25, 0.3) is 88.3 Å². The highest BCUT2D eigenvalue weighted by atomic mass is 16.3. The van der Waals surface area contributed by atoms with E-state index in [4.69, 9.17) is 13.8 Å². The van der Waals surface area contributed by atoms with Crippen molar-refractivity contribution in [2.75, 3.05) is 4.90 Å². The number of fused-ring (bicyclic) bond motifs is 7. The van der Waals surface area contributed by atoms with Crippen LogP contribution in [0.5, 0.6) is 0 Å². The lowest BCUT2D eigenvalue weighted by molar-refractivity contribution is 0.619. The van der Waals surface area contributed by atoms with E-state index in [1.165, 1.54) is 21.9 Å². The van der Waals surface area contributed by atoms with Gasteiger partial charge in [-0.2, -0.15) is 0 Å². The van der Waals surface area contributed by atoms with Gasteiger partial charge in [0.2, 0.25) is 5.89 Å². The Morgan fingerprint density at radius 3 is 1.82 bits per heavy atom. The Labute approximate surface area is 317 Å². The molecule has 55 heavy (non-hydrogen) atoms. The number of benzene rings is 9. The number of furan rings is 1. The molecule has 0 aliphatic rings. The molecule has 0 atom stereocenters. The molecule has 4 heteroatoms.